The summed E-state index contributed by atoms with van der Waals surface area (Å²) < 4.78 is 4.86. The van der Waals surface area contributed by atoms with E-state index < -0.39 is 0 Å². The molecule has 0 fully saturated rings. The zero-order chi connectivity index (χ0) is 15.9. The molecule has 0 aliphatic carbocycles. The molecular formula is C16H29N3O2. The fourth-order valence-corrected chi connectivity index (χ4v) is 1.64. The Hall–Kier alpha value is -1.43. The standard InChI is InChI=1S/C9H14N2.C7H15NO2/c1-11-9-4-2-8(3-5-9)6-7-10;1-8(4-3-6-9)5-7-10-2/h2-5,11H,6-7,10H2,1H3;6H,3-5,7H2,1-2H3. The number of benzene rings is 1. The van der Waals surface area contributed by atoms with E-state index in [1.165, 1.54) is 5.56 Å². The van der Waals surface area contributed by atoms with E-state index >= 15 is 0 Å². The molecule has 0 heterocycles. The molecule has 1 rings (SSSR count). The van der Waals surface area contributed by atoms with Crippen LogP contribution in [0.2, 0.25) is 0 Å². The lowest BCUT2D eigenvalue weighted by Crippen LogP contribution is -2.24. The molecule has 120 valence electrons. The van der Waals surface area contributed by atoms with Gasteiger partial charge in [0.1, 0.15) is 6.29 Å². The van der Waals surface area contributed by atoms with Crippen molar-refractivity contribution in [2.45, 2.75) is 12.8 Å². The molecule has 0 atom stereocenters. The lowest BCUT2D eigenvalue weighted by molar-refractivity contribution is -0.108. The molecule has 0 saturated heterocycles. The second-order valence-electron chi connectivity index (χ2n) is 4.74. The molecule has 0 aliphatic rings. The van der Waals surface area contributed by atoms with Crippen LogP contribution in [0, 0.1) is 0 Å². The molecule has 0 bridgehead atoms. The van der Waals surface area contributed by atoms with Crippen LogP contribution in [0.3, 0.4) is 0 Å². The smallest absolute Gasteiger partial charge is 0.121 e. The summed E-state index contributed by atoms with van der Waals surface area (Å²) in [6.07, 6.45) is 2.51. The maximum absolute atomic E-state index is 9.93. The summed E-state index contributed by atoms with van der Waals surface area (Å²) in [5, 5.41) is 3.07. The van der Waals surface area contributed by atoms with E-state index in [9.17, 15) is 4.79 Å². The van der Waals surface area contributed by atoms with Crippen LogP contribution in [0.4, 0.5) is 5.69 Å². The van der Waals surface area contributed by atoms with Crippen molar-refractivity contribution in [1.82, 2.24) is 4.90 Å². The second-order valence-corrected chi connectivity index (χ2v) is 4.74. The van der Waals surface area contributed by atoms with Gasteiger partial charge in [0.05, 0.1) is 6.61 Å². The molecule has 1 aromatic rings. The predicted octanol–water partition coefficient (Wildman–Crippen LogP) is 1.38. The minimum Gasteiger partial charge on any atom is -0.388 e. The van der Waals surface area contributed by atoms with Crippen molar-refractivity contribution in [3.8, 4) is 0 Å². The highest BCUT2D eigenvalue weighted by atomic mass is 16.5. The third kappa shape index (κ3) is 11.0. The SMILES string of the molecule is CNc1ccc(CCN)cc1.COCCN(C)CCC=O. The summed E-state index contributed by atoms with van der Waals surface area (Å²) in [7, 11) is 5.56. The Labute approximate surface area is 128 Å². The highest BCUT2D eigenvalue weighted by Gasteiger charge is 1.94. The van der Waals surface area contributed by atoms with E-state index in [1.54, 1.807) is 7.11 Å². The maximum atomic E-state index is 9.93. The highest BCUT2D eigenvalue weighted by molar-refractivity contribution is 5.49. The number of hydrogen-bond donors (Lipinski definition) is 2. The number of ether oxygens (including phenoxy) is 1. The van der Waals surface area contributed by atoms with Gasteiger partial charge in [-0.05, 0) is 37.7 Å². The van der Waals surface area contributed by atoms with Gasteiger partial charge in [-0.1, -0.05) is 12.1 Å². The molecule has 5 nitrogen and oxygen atoms in total. The third-order valence-corrected chi connectivity index (χ3v) is 2.98. The average Bonchev–Trinajstić information content (AvgIpc) is 2.52. The van der Waals surface area contributed by atoms with Crippen molar-refractivity contribution in [3.63, 3.8) is 0 Å². The van der Waals surface area contributed by atoms with E-state index in [-0.39, 0.29) is 0 Å². The first kappa shape index (κ1) is 19.6. The van der Waals surface area contributed by atoms with Gasteiger partial charge in [0.15, 0.2) is 0 Å². The van der Waals surface area contributed by atoms with Gasteiger partial charge in [-0.2, -0.15) is 0 Å². The lowest BCUT2D eigenvalue weighted by Gasteiger charge is -2.13. The number of likely N-dealkylation sites (N-methyl/N-ethyl adjacent to an activating group) is 1. The lowest BCUT2D eigenvalue weighted by atomic mass is 10.1. The third-order valence-electron chi connectivity index (χ3n) is 2.98. The summed E-state index contributed by atoms with van der Waals surface area (Å²) in [6, 6.07) is 8.31. The molecule has 0 aromatic heterocycles. The van der Waals surface area contributed by atoms with Gasteiger partial charge in [-0.3, -0.25) is 0 Å². The minimum absolute atomic E-state index is 0.611. The average molecular weight is 295 g/mol. The summed E-state index contributed by atoms with van der Waals surface area (Å²) in [5.41, 5.74) is 7.86. The summed E-state index contributed by atoms with van der Waals surface area (Å²) in [5.74, 6) is 0. The van der Waals surface area contributed by atoms with Crippen LogP contribution >= 0.6 is 0 Å². The van der Waals surface area contributed by atoms with Crippen LogP contribution < -0.4 is 11.1 Å². The van der Waals surface area contributed by atoms with Gasteiger partial charge in [0.2, 0.25) is 0 Å². The molecule has 21 heavy (non-hydrogen) atoms. The Morgan fingerprint density at radius 2 is 1.95 bits per heavy atom. The van der Waals surface area contributed by atoms with Crippen molar-refractivity contribution in [2.24, 2.45) is 5.73 Å². The van der Waals surface area contributed by atoms with Crippen molar-refractivity contribution < 1.29 is 9.53 Å². The first-order chi connectivity index (χ1) is 10.2. The molecule has 0 saturated carbocycles. The number of nitrogens with one attached hydrogen (secondary N) is 1. The Balaban J connectivity index is 0.000000384. The Bertz CT molecular complexity index is 355. The zero-order valence-corrected chi connectivity index (χ0v) is 13.5. The number of nitrogens with zero attached hydrogens (tertiary/aromatic N) is 1. The van der Waals surface area contributed by atoms with Crippen LogP contribution in [-0.2, 0) is 16.0 Å². The van der Waals surface area contributed by atoms with Crippen molar-refractivity contribution in [3.05, 3.63) is 29.8 Å². The van der Waals surface area contributed by atoms with Crippen LogP contribution in [0.5, 0.6) is 0 Å². The first-order valence-electron chi connectivity index (χ1n) is 7.25. The number of anilines is 1. The van der Waals surface area contributed by atoms with Crippen LogP contribution in [0.15, 0.2) is 24.3 Å². The van der Waals surface area contributed by atoms with E-state index in [0.29, 0.717) is 6.42 Å². The minimum atomic E-state index is 0.611. The van der Waals surface area contributed by atoms with Gasteiger partial charge in [0, 0.05) is 39.4 Å². The number of methoxy groups -OCH3 is 1. The molecule has 0 unspecified atom stereocenters. The fourth-order valence-electron chi connectivity index (χ4n) is 1.64. The second kappa shape index (κ2) is 13.5. The van der Waals surface area contributed by atoms with Crippen LogP contribution in [-0.4, -0.2) is 58.6 Å². The van der Waals surface area contributed by atoms with Gasteiger partial charge in [0.25, 0.3) is 0 Å². The Morgan fingerprint density at radius 3 is 2.43 bits per heavy atom. The van der Waals surface area contributed by atoms with Gasteiger partial charge >= 0.3 is 0 Å². The van der Waals surface area contributed by atoms with E-state index in [4.69, 9.17) is 10.5 Å². The molecule has 0 spiro atoms. The van der Waals surface area contributed by atoms with E-state index in [1.807, 2.05) is 14.1 Å². The van der Waals surface area contributed by atoms with Crippen LogP contribution in [0.1, 0.15) is 12.0 Å². The maximum Gasteiger partial charge on any atom is 0.121 e. The number of aldehydes is 1. The number of rotatable bonds is 9. The number of carbonyl (C=O) groups is 1. The van der Waals surface area contributed by atoms with Gasteiger partial charge in [-0.15, -0.1) is 0 Å². The monoisotopic (exact) mass is 295 g/mol. The van der Waals surface area contributed by atoms with E-state index in [2.05, 4.69) is 34.5 Å². The Kier molecular flexibility index (Phi) is 12.6. The molecular weight excluding hydrogens is 266 g/mol. The Morgan fingerprint density at radius 1 is 1.29 bits per heavy atom. The number of carbonyl (C=O) groups excluding carboxylic acids is 1. The largest absolute Gasteiger partial charge is 0.388 e. The first-order valence-corrected chi connectivity index (χ1v) is 7.25. The van der Waals surface area contributed by atoms with Crippen molar-refractivity contribution >= 4 is 12.0 Å². The normalized spacial score (nSPS) is 9.95. The molecule has 0 radical (unpaired) electrons. The fraction of sp³-hybridized carbons (Fsp3) is 0.562. The summed E-state index contributed by atoms with van der Waals surface area (Å²) in [6.45, 7) is 3.17. The molecule has 3 N–H and O–H groups in total. The highest BCUT2D eigenvalue weighted by Crippen LogP contribution is 2.08. The zero-order valence-electron chi connectivity index (χ0n) is 13.5. The quantitative estimate of drug-likeness (QED) is 0.674. The summed E-state index contributed by atoms with van der Waals surface area (Å²) in [4.78, 5) is 12.0. The number of nitrogens with two attached hydrogens (primary N) is 1. The van der Waals surface area contributed by atoms with Crippen molar-refractivity contribution in [1.29, 1.82) is 0 Å². The van der Waals surface area contributed by atoms with Crippen molar-refractivity contribution in [2.75, 3.05) is 52.8 Å². The molecule has 5 heteroatoms. The predicted molar refractivity (Wildman–Crippen MR) is 88.8 cm³/mol. The molecule has 0 amide bonds. The summed E-state index contributed by atoms with van der Waals surface area (Å²) >= 11 is 0. The van der Waals surface area contributed by atoms with Crippen LogP contribution in [0.25, 0.3) is 0 Å². The van der Waals surface area contributed by atoms with Gasteiger partial charge in [-0.25, -0.2) is 0 Å². The van der Waals surface area contributed by atoms with E-state index in [0.717, 1.165) is 44.6 Å². The number of hydrogen-bond acceptors (Lipinski definition) is 5. The van der Waals surface area contributed by atoms with Gasteiger partial charge < -0.3 is 25.5 Å². The molecule has 1 aromatic carbocycles. The topological polar surface area (TPSA) is 67.6 Å². The molecule has 0 aliphatic heterocycles.